The number of anilines is 1. The number of hydrogen-bond acceptors (Lipinski definition) is 5. The summed E-state index contributed by atoms with van der Waals surface area (Å²) in [6, 6.07) is 12.7. The fraction of sp³-hybridized carbons (Fsp3) is 0.433. The zero-order valence-electron chi connectivity index (χ0n) is 22.7. The number of nitrogens with zero attached hydrogens (tertiary/aromatic N) is 1. The molecule has 1 fully saturated rings. The summed E-state index contributed by atoms with van der Waals surface area (Å²) < 4.78 is 5.44. The summed E-state index contributed by atoms with van der Waals surface area (Å²) in [6.07, 6.45) is 9.01. The Morgan fingerprint density at radius 2 is 1.79 bits per heavy atom. The molecule has 2 aromatic rings. The first-order chi connectivity index (χ1) is 18.1. The number of benzene rings is 2. The van der Waals surface area contributed by atoms with Gasteiger partial charge in [0, 0.05) is 17.3 Å². The third-order valence-electron chi connectivity index (χ3n) is 6.13. The number of nitrogens with one attached hydrogen (secondary N) is 2. The first-order valence-electron chi connectivity index (χ1n) is 12.8. The number of carbonyl (C=O) groups is 3. The van der Waals surface area contributed by atoms with Crippen LogP contribution in [0.4, 0.5) is 10.5 Å². The summed E-state index contributed by atoms with van der Waals surface area (Å²) in [5, 5.41) is 5.78. The van der Waals surface area contributed by atoms with Gasteiger partial charge in [-0.05, 0) is 82.2 Å². The smallest absolute Gasteiger partial charge is 0.408 e. The normalized spacial score (nSPS) is 14.5. The van der Waals surface area contributed by atoms with Crippen molar-refractivity contribution in [2.75, 3.05) is 17.3 Å². The van der Waals surface area contributed by atoms with Crippen molar-refractivity contribution in [3.63, 3.8) is 0 Å². The molecule has 0 spiro atoms. The van der Waals surface area contributed by atoms with Gasteiger partial charge in [-0.25, -0.2) is 4.79 Å². The number of rotatable bonds is 10. The molecular weight excluding hydrogens is 498 g/mol. The number of thioether (sulfide) groups is 1. The molecule has 3 amide bonds. The van der Waals surface area contributed by atoms with Crippen molar-refractivity contribution >= 4 is 35.4 Å². The zero-order valence-corrected chi connectivity index (χ0v) is 23.6. The highest BCUT2D eigenvalue weighted by Gasteiger charge is 2.44. The van der Waals surface area contributed by atoms with Gasteiger partial charge in [-0.3, -0.25) is 9.59 Å². The van der Waals surface area contributed by atoms with Crippen LogP contribution in [0.1, 0.15) is 62.8 Å². The van der Waals surface area contributed by atoms with Crippen LogP contribution in [0.5, 0.6) is 0 Å². The molecule has 2 N–H and O–H groups in total. The van der Waals surface area contributed by atoms with Gasteiger partial charge < -0.3 is 20.3 Å². The van der Waals surface area contributed by atoms with Gasteiger partial charge >= 0.3 is 6.09 Å². The molecule has 0 aliphatic heterocycles. The quantitative estimate of drug-likeness (QED) is 0.404. The Morgan fingerprint density at radius 1 is 1.13 bits per heavy atom. The molecule has 2 unspecified atom stereocenters. The van der Waals surface area contributed by atoms with Crippen molar-refractivity contribution in [2.45, 2.75) is 70.7 Å². The lowest BCUT2D eigenvalue weighted by atomic mass is 9.97. The molecule has 0 bridgehead atoms. The summed E-state index contributed by atoms with van der Waals surface area (Å²) in [7, 11) is 0. The summed E-state index contributed by atoms with van der Waals surface area (Å²) in [5.41, 5.74) is 1.96. The van der Waals surface area contributed by atoms with E-state index in [4.69, 9.17) is 11.2 Å². The average Bonchev–Trinajstić information content (AvgIpc) is 3.70. The second-order valence-electron chi connectivity index (χ2n) is 10.4. The second-order valence-corrected chi connectivity index (χ2v) is 11.4. The van der Waals surface area contributed by atoms with E-state index in [9.17, 15) is 14.4 Å². The molecular formula is C30H37N3O4S. The van der Waals surface area contributed by atoms with Crippen LogP contribution in [0, 0.1) is 19.3 Å². The zero-order chi connectivity index (χ0) is 27.9. The van der Waals surface area contributed by atoms with E-state index in [-0.39, 0.29) is 17.9 Å². The van der Waals surface area contributed by atoms with E-state index in [1.807, 2.05) is 49.6 Å². The molecule has 7 nitrogen and oxygen atoms in total. The molecule has 0 saturated heterocycles. The van der Waals surface area contributed by atoms with E-state index >= 15 is 0 Å². The predicted octanol–water partition coefficient (Wildman–Crippen LogP) is 5.29. The lowest BCUT2D eigenvalue weighted by molar-refractivity contribution is -0.141. The third kappa shape index (κ3) is 7.78. The SMILES string of the molecule is C#Cc1ccccc1C(C(=O)Nc1ccccc1C)N(C(=O)C(CCSC)NC(=O)OC(C)(C)C)C1CC1. The fourth-order valence-corrected chi connectivity index (χ4v) is 4.66. The first-order valence-corrected chi connectivity index (χ1v) is 14.2. The van der Waals surface area contributed by atoms with Crippen molar-refractivity contribution in [3.8, 4) is 12.3 Å². The van der Waals surface area contributed by atoms with Crippen LogP contribution in [0.15, 0.2) is 48.5 Å². The van der Waals surface area contributed by atoms with Crippen LogP contribution < -0.4 is 10.6 Å². The van der Waals surface area contributed by atoms with Crippen LogP contribution in [0.3, 0.4) is 0 Å². The number of para-hydroxylation sites is 1. The van der Waals surface area contributed by atoms with Crippen LogP contribution in [0.25, 0.3) is 0 Å². The van der Waals surface area contributed by atoms with Gasteiger partial charge in [0.1, 0.15) is 17.7 Å². The maximum absolute atomic E-state index is 14.2. The largest absolute Gasteiger partial charge is 0.444 e. The standard InChI is InChI=1S/C30H37N3O4S/c1-7-21-13-9-10-14-23(21)26(27(34)31-24-15-11-8-12-20(24)2)33(22-16-17-22)28(35)25(18-19-38-6)32-29(36)37-30(3,4)5/h1,8-15,22,25-26H,16-19H2,2-6H3,(H,31,34)(H,32,36). The van der Waals surface area contributed by atoms with Crippen molar-refractivity contribution in [1.82, 2.24) is 10.2 Å². The average molecular weight is 536 g/mol. The summed E-state index contributed by atoms with van der Waals surface area (Å²) in [4.78, 5) is 42.5. The van der Waals surface area contributed by atoms with Gasteiger partial charge in [0.25, 0.3) is 5.91 Å². The molecule has 202 valence electrons. The van der Waals surface area contributed by atoms with Gasteiger partial charge in [0.15, 0.2) is 0 Å². The number of amides is 3. The molecule has 2 aromatic carbocycles. The highest BCUT2D eigenvalue weighted by atomic mass is 32.2. The highest BCUT2D eigenvalue weighted by Crippen LogP contribution is 2.37. The first kappa shape index (κ1) is 29.1. The van der Waals surface area contributed by atoms with Gasteiger partial charge in [0.05, 0.1) is 0 Å². The maximum Gasteiger partial charge on any atom is 0.408 e. The van der Waals surface area contributed by atoms with Gasteiger partial charge in [-0.2, -0.15) is 11.8 Å². The van der Waals surface area contributed by atoms with Crippen LogP contribution >= 0.6 is 11.8 Å². The Balaban J connectivity index is 2.03. The molecule has 2 atom stereocenters. The minimum absolute atomic E-state index is 0.141. The Hall–Kier alpha value is -3.44. The second kappa shape index (κ2) is 12.9. The Labute approximate surface area is 230 Å². The van der Waals surface area contributed by atoms with Crippen molar-refractivity contribution < 1.29 is 19.1 Å². The summed E-state index contributed by atoms with van der Waals surface area (Å²) >= 11 is 1.58. The van der Waals surface area contributed by atoms with Crippen molar-refractivity contribution in [1.29, 1.82) is 0 Å². The number of aryl methyl sites for hydroxylation is 1. The molecule has 0 heterocycles. The Bertz CT molecular complexity index is 1200. The minimum atomic E-state index is -0.973. The molecule has 3 rings (SSSR count). The van der Waals surface area contributed by atoms with E-state index in [0.717, 1.165) is 18.4 Å². The number of terminal acetylenes is 1. The topological polar surface area (TPSA) is 87.7 Å². The van der Waals surface area contributed by atoms with E-state index in [0.29, 0.717) is 29.0 Å². The molecule has 38 heavy (non-hydrogen) atoms. The molecule has 1 aliphatic rings. The number of ether oxygens (including phenoxy) is 1. The minimum Gasteiger partial charge on any atom is -0.444 e. The van der Waals surface area contributed by atoms with Crippen LogP contribution in [-0.4, -0.2) is 52.5 Å². The molecule has 1 aliphatic carbocycles. The van der Waals surface area contributed by atoms with Gasteiger partial charge in [-0.1, -0.05) is 42.3 Å². The van der Waals surface area contributed by atoms with E-state index < -0.39 is 23.8 Å². The summed E-state index contributed by atoms with van der Waals surface area (Å²) in [6.45, 7) is 7.21. The number of carbonyl (C=O) groups excluding carboxylic acids is 3. The van der Waals surface area contributed by atoms with E-state index in [1.165, 1.54) is 0 Å². The Kier molecular flexibility index (Phi) is 9.87. The fourth-order valence-electron chi connectivity index (χ4n) is 4.19. The van der Waals surface area contributed by atoms with Crippen LogP contribution in [0.2, 0.25) is 0 Å². The highest BCUT2D eigenvalue weighted by molar-refractivity contribution is 7.98. The summed E-state index contributed by atoms with van der Waals surface area (Å²) in [5.74, 6) is 2.63. The van der Waals surface area contributed by atoms with E-state index in [2.05, 4.69) is 16.6 Å². The monoisotopic (exact) mass is 535 g/mol. The molecule has 1 saturated carbocycles. The van der Waals surface area contributed by atoms with Crippen molar-refractivity contribution in [2.24, 2.45) is 0 Å². The molecule has 8 heteroatoms. The van der Waals surface area contributed by atoms with Crippen molar-refractivity contribution in [3.05, 3.63) is 65.2 Å². The van der Waals surface area contributed by atoms with Gasteiger partial charge in [0.2, 0.25) is 5.91 Å². The number of hydrogen-bond donors (Lipinski definition) is 2. The molecule has 0 aromatic heterocycles. The predicted molar refractivity (Wildman–Crippen MR) is 153 cm³/mol. The number of alkyl carbamates (subject to hydrolysis) is 1. The third-order valence-corrected chi connectivity index (χ3v) is 6.78. The maximum atomic E-state index is 14.2. The lowest BCUT2D eigenvalue weighted by Gasteiger charge is -2.35. The van der Waals surface area contributed by atoms with Crippen LogP contribution in [-0.2, 0) is 14.3 Å². The van der Waals surface area contributed by atoms with Gasteiger partial charge in [-0.15, -0.1) is 6.42 Å². The lowest BCUT2D eigenvalue weighted by Crippen LogP contribution is -2.53. The van der Waals surface area contributed by atoms with E-state index in [1.54, 1.807) is 49.6 Å². The molecule has 0 radical (unpaired) electrons. The Morgan fingerprint density at radius 3 is 2.39 bits per heavy atom.